The van der Waals surface area contributed by atoms with Crippen molar-refractivity contribution in [3.05, 3.63) is 46.6 Å². The topological polar surface area (TPSA) is 132 Å². The van der Waals surface area contributed by atoms with Crippen molar-refractivity contribution in [3.8, 4) is 6.07 Å². The molecule has 28 heavy (non-hydrogen) atoms. The molecule has 3 aromatic rings. The van der Waals surface area contributed by atoms with Crippen LogP contribution in [0.25, 0.3) is 11.0 Å². The molecule has 9 heteroatoms. The van der Waals surface area contributed by atoms with Crippen LogP contribution in [0.4, 0.5) is 17.3 Å². The van der Waals surface area contributed by atoms with Gasteiger partial charge in [-0.25, -0.2) is 15.0 Å². The fourth-order valence-corrected chi connectivity index (χ4v) is 3.02. The average molecular weight is 374 g/mol. The summed E-state index contributed by atoms with van der Waals surface area (Å²) >= 11 is 0. The fourth-order valence-electron chi connectivity index (χ4n) is 3.02. The Hall–Kier alpha value is -3.64. The zero-order chi connectivity index (χ0) is 19.3. The lowest BCUT2D eigenvalue weighted by atomic mass is 10.1. The van der Waals surface area contributed by atoms with Gasteiger partial charge in [-0.15, -0.1) is 0 Å². The van der Waals surface area contributed by atoms with Gasteiger partial charge in [-0.2, -0.15) is 5.26 Å². The van der Waals surface area contributed by atoms with Gasteiger partial charge in [0.25, 0.3) is 0 Å². The highest BCUT2D eigenvalue weighted by atomic mass is 16.1. The number of nitrogens with zero attached hydrogens (tertiary/aromatic N) is 5. The molecule has 0 amide bonds. The van der Waals surface area contributed by atoms with Crippen molar-refractivity contribution in [2.75, 3.05) is 11.9 Å². The second-order valence-corrected chi connectivity index (χ2v) is 6.48. The van der Waals surface area contributed by atoms with Gasteiger partial charge in [0.1, 0.15) is 11.8 Å². The lowest BCUT2D eigenvalue weighted by Gasteiger charge is -2.19. The Balaban J connectivity index is 1.58. The minimum absolute atomic E-state index is 0.205. The molecule has 4 heterocycles. The van der Waals surface area contributed by atoms with Crippen molar-refractivity contribution in [1.82, 2.24) is 25.3 Å². The standard InChI is InChI=1S/C19H18N8O/c20-8-16-15(22-9-12-3-1-2-6-21-12)7-13(10-23-16)25-19-24-11-17-14(27-19)4-5-18(28)26-17/h4-5,7,9-12,21H,1-3,6H2,(H,26,28)(H,24,25,27). The van der Waals surface area contributed by atoms with Gasteiger partial charge < -0.3 is 15.6 Å². The molecule has 140 valence electrons. The first-order chi connectivity index (χ1) is 13.7. The molecule has 1 atom stereocenters. The van der Waals surface area contributed by atoms with Crippen LogP contribution in [-0.2, 0) is 0 Å². The third-order valence-electron chi connectivity index (χ3n) is 4.44. The summed E-state index contributed by atoms with van der Waals surface area (Å²) in [6, 6.07) is 7.06. The number of hydrogen-bond donors (Lipinski definition) is 3. The van der Waals surface area contributed by atoms with Gasteiger partial charge in [0, 0.05) is 18.3 Å². The van der Waals surface area contributed by atoms with E-state index in [1.165, 1.54) is 31.3 Å². The first-order valence-electron chi connectivity index (χ1n) is 9.02. The van der Waals surface area contributed by atoms with Crippen molar-refractivity contribution in [3.63, 3.8) is 0 Å². The number of nitriles is 1. The minimum Gasteiger partial charge on any atom is -0.323 e. The van der Waals surface area contributed by atoms with Crippen LogP contribution in [0.1, 0.15) is 25.0 Å². The van der Waals surface area contributed by atoms with E-state index in [1.807, 2.05) is 6.21 Å². The molecule has 0 saturated carbocycles. The number of aromatic nitrogens is 4. The van der Waals surface area contributed by atoms with E-state index in [-0.39, 0.29) is 17.3 Å². The highest BCUT2D eigenvalue weighted by molar-refractivity contribution is 5.75. The number of piperidine rings is 1. The number of pyridine rings is 2. The highest BCUT2D eigenvalue weighted by Gasteiger charge is 2.11. The molecule has 4 rings (SSSR count). The average Bonchev–Trinajstić information content (AvgIpc) is 2.73. The first-order valence-corrected chi connectivity index (χ1v) is 9.02. The van der Waals surface area contributed by atoms with Crippen LogP contribution in [0.3, 0.4) is 0 Å². The van der Waals surface area contributed by atoms with E-state index in [1.54, 1.807) is 12.1 Å². The summed E-state index contributed by atoms with van der Waals surface area (Å²) in [6.07, 6.45) is 8.29. The smallest absolute Gasteiger partial charge is 0.248 e. The maximum atomic E-state index is 11.4. The molecular weight excluding hydrogens is 356 g/mol. The SMILES string of the molecule is N#Cc1ncc(Nc2ncc3[nH]c(=O)ccc3n2)cc1N=CC1CCCCN1. The molecule has 0 spiro atoms. The Morgan fingerprint density at radius 1 is 1.29 bits per heavy atom. The number of fused-ring (bicyclic) bond motifs is 1. The second-order valence-electron chi connectivity index (χ2n) is 6.48. The number of anilines is 2. The van der Waals surface area contributed by atoms with Crippen LogP contribution in [0, 0.1) is 11.3 Å². The highest BCUT2D eigenvalue weighted by Crippen LogP contribution is 2.23. The Morgan fingerprint density at radius 3 is 3.04 bits per heavy atom. The van der Waals surface area contributed by atoms with Crippen molar-refractivity contribution in [2.24, 2.45) is 4.99 Å². The van der Waals surface area contributed by atoms with Gasteiger partial charge in [0.15, 0.2) is 5.69 Å². The van der Waals surface area contributed by atoms with Crippen molar-refractivity contribution < 1.29 is 0 Å². The predicted octanol–water partition coefficient (Wildman–Crippen LogP) is 2.17. The van der Waals surface area contributed by atoms with Gasteiger partial charge in [-0.1, -0.05) is 6.42 Å². The summed E-state index contributed by atoms with van der Waals surface area (Å²) < 4.78 is 0. The summed E-state index contributed by atoms with van der Waals surface area (Å²) in [7, 11) is 0. The Kier molecular flexibility index (Phi) is 5.03. The lowest BCUT2D eigenvalue weighted by Crippen LogP contribution is -2.34. The third kappa shape index (κ3) is 4.02. The number of hydrogen-bond acceptors (Lipinski definition) is 8. The number of aliphatic imine (C=N–C) groups is 1. The molecule has 0 aliphatic carbocycles. The molecule has 1 saturated heterocycles. The van der Waals surface area contributed by atoms with E-state index >= 15 is 0 Å². The number of H-pyrrole nitrogens is 1. The van der Waals surface area contributed by atoms with E-state index in [4.69, 9.17) is 0 Å². The molecule has 0 radical (unpaired) electrons. The maximum Gasteiger partial charge on any atom is 0.248 e. The fraction of sp³-hybridized carbons (Fsp3) is 0.263. The molecule has 0 aromatic carbocycles. The number of rotatable bonds is 4. The Bertz CT molecular complexity index is 1120. The predicted molar refractivity (Wildman–Crippen MR) is 106 cm³/mol. The Morgan fingerprint density at radius 2 is 2.21 bits per heavy atom. The zero-order valence-electron chi connectivity index (χ0n) is 15.0. The first kappa shape index (κ1) is 17.8. The molecule has 1 aliphatic heterocycles. The van der Waals surface area contributed by atoms with E-state index in [0.717, 1.165) is 13.0 Å². The lowest BCUT2D eigenvalue weighted by molar-refractivity contribution is 0.476. The maximum absolute atomic E-state index is 11.4. The Labute approximate surface area is 160 Å². The largest absolute Gasteiger partial charge is 0.323 e. The van der Waals surface area contributed by atoms with Crippen molar-refractivity contribution in [1.29, 1.82) is 5.26 Å². The van der Waals surface area contributed by atoms with Crippen LogP contribution >= 0.6 is 0 Å². The molecule has 1 fully saturated rings. The van der Waals surface area contributed by atoms with Crippen molar-refractivity contribution >= 4 is 34.6 Å². The van der Waals surface area contributed by atoms with E-state index in [0.29, 0.717) is 28.4 Å². The van der Waals surface area contributed by atoms with Gasteiger partial charge in [0.05, 0.1) is 29.1 Å². The van der Waals surface area contributed by atoms with Crippen LogP contribution < -0.4 is 16.2 Å². The molecule has 3 aromatic heterocycles. The molecular formula is C19H18N8O. The summed E-state index contributed by atoms with van der Waals surface area (Å²) in [5.41, 5.74) is 2.33. The van der Waals surface area contributed by atoms with Crippen LogP contribution in [0.2, 0.25) is 0 Å². The zero-order valence-corrected chi connectivity index (χ0v) is 15.0. The van der Waals surface area contributed by atoms with Gasteiger partial charge in [0.2, 0.25) is 11.5 Å². The molecule has 1 unspecified atom stereocenters. The third-order valence-corrected chi connectivity index (χ3v) is 4.44. The monoisotopic (exact) mass is 374 g/mol. The number of aromatic amines is 1. The molecule has 9 nitrogen and oxygen atoms in total. The van der Waals surface area contributed by atoms with Gasteiger partial charge in [-0.05, 0) is 31.5 Å². The number of nitrogens with one attached hydrogen (secondary N) is 3. The van der Waals surface area contributed by atoms with Crippen LogP contribution in [0.5, 0.6) is 0 Å². The molecule has 3 N–H and O–H groups in total. The van der Waals surface area contributed by atoms with Crippen LogP contribution in [-0.4, -0.2) is 38.7 Å². The summed E-state index contributed by atoms with van der Waals surface area (Å²) in [4.78, 5) is 31.2. The van der Waals surface area contributed by atoms with E-state index in [9.17, 15) is 10.1 Å². The summed E-state index contributed by atoms with van der Waals surface area (Å²) in [5, 5.41) is 15.8. The van der Waals surface area contributed by atoms with Gasteiger partial charge in [-0.3, -0.25) is 9.79 Å². The molecule has 1 aliphatic rings. The summed E-state index contributed by atoms with van der Waals surface area (Å²) in [6.45, 7) is 0.978. The summed E-state index contributed by atoms with van der Waals surface area (Å²) in [5.74, 6) is 0.356. The van der Waals surface area contributed by atoms with E-state index < -0.39 is 0 Å². The quantitative estimate of drug-likeness (QED) is 0.596. The second kappa shape index (κ2) is 7.94. The normalized spacial score (nSPS) is 16.9. The minimum atomic E-state index is -0.205. The van der Waals surface area contributed by atoms with E-state index in [2.05, 4.69) is 41.6 Å². The van der Waals surface area contributed by atoms with Gasteiger partial charge >= 0.3 is 0 Å². The molecule has 0 bridgehead atoms. The van der Waals surface area contributed by atoms with Crippen molar-refractivity contribution in [2.45, 2.75) is 25.3 Å². The van der Waals surface area contributed by atoms with Crippen LogP contribution in [0.15, 0.2) is 40.4 Å².